The zero-order valence-electron chi connectivity index (χ0n) is 5.91. The molecule has 3 heteroatoms. The zero-order valence-corrected chi connectivity index (χ0v) is 6.91. The highest BCUT2D eigenvalue weighted by Crippen LogP contribution is 2.18. The zero-order chi connectivity index (χ0) is 7.68. The molecule has 0 unspecified atom stereocenters. The van der Waals surface area contributed by atoms with Gasteiger partial charge in [0.15, 0.2) is 5.84 Å². The molecule has 2 nitrogen and oxygen atoms in total. The van der Waals surface area contributed by atoms with Gasteiger partial charge in [-0.2, -0.15) is 0 Å². The molecule has 54 valence electrons. The Morgan fingerprint density at radius 2 is 2.18 bits per heavy atom. The number of aliphatic imine (C=N–C) groups is 1. The lowest BCUT2D eigenvalue weighted by atomic mass is 10.1. The highest BCUT2D eigenvalue weighted by molar-refractivity contribution is 7.05. The summed E-state index contributed by atoms with van der Waals surface area (Å²) in [6, 6.07) is 8.12. The van der Waals surface area contributed by atoms with Crippen LogP contribution >= 0.6 is 9.03 Å². The van der Waals surface area contributed by atoms with Gasteiger partial charge in [-0.25, -0.2) is 4.74 Å². The Kier molecular flexibility index (Phi) is 1.55. The van der Waals surface area contributed by atoms with E-state index in [0.29, 0.717) is 0 Å². The highest BCUT2D eigenvalue weighted by atomic mass is 31.0. The second-order valence-corrected chi connectivity index (χ2v) is 2.63. The molecule has 0 saturated carbocycles. The van der Waals surface area contributed by atoms with Crippen molar-refractivity contribution in [2.24, 2.45) is 9.74 Å². The normalized spacial score (nSPS) is 14.0. The van der Waals surface area contributed by atoms with Gasteiger partial charge in [0.1, 0.15) is 0 Å². The van der Waals surface area contributed by atoms with Crippen molar-refractivity contribution >= 4 is 14.9 Å². The third kappa shape index (κ3) is 0.997. The minimum absolute atomic E-state index is 0.763. The molecule has 0 radical (unpaired) electrons. The number of hydrogen-bond acceptors (Lipinski definition) is 2. The molecule has 1 aromatic rings. The fraction of sp³-hybridized carbons (Fsp3) is 0.125. The fourth-order valence-corrected chi connectivity index (χ4v) is 1.41. The summed E-state index contributed by atoms with van der Waals surface area (Å²) in [7, 11) is 3.09. The molecule has 0 atom stereocenters. The average Bonchev–Trinajstić information content (AvgIpc) is 2.47. The van der Waals surface area contributed by atoms with Crippen molar-refractivity contribution in [2.45, 2.75) is 6.54 Å². The van der Waals surface area contributed by atoms with Crippen molar-refractivity contribution in [3.05, 3.63) is 35.4 Å². The lowest BCUT2D eigenvalue weighted by Crippen LogP contribution is -1.90. The van der Waals surface area contributed by atoms with Crippen LogP contribution in [0.4, 0.5) is 0 Å². The Bertz CT molecular complexity index is 331. The maximum atomic E-state index is 4.22. The molecule has 1 aliphatic rings. The van der Waals surface area contributed by atoms with Crippen molar-refractivity contribution in [3.8, 4) is 0 Å². The maximum absolute atomic E-state index is 4.22. The van der Waals surface area contributed by atoms with Gasteiger partial charge in [0, 0.05) is 5.56 Å². The number of amidine groups is 1. The summed E-state index contributed by atoms with van der Waals surface area (Å²) in [5.74, 6) is 0.803. The van der Waals surface area contributed by atoms with Crippen molar-refractivity contribution in [1.82, 2.24) is 0 Å². The van der Waals surface area contributed by atoms with E-state index in [9.17, 15) is 0 Å². The van der Waals surface area contributed by atoms with E-state index in [1.165, 1.54) is 5.56 Å². The van der Waals surface area contributed by atoms with Crippen LogP contribution in [0.5, 0.6) is 0 Å². The van der Waals surface area contributed by atoms with Crippen LogP contribution in [-0.4, -0.2) is 5.84 Å². The summed E-state index contributed by atoms with van der Waals surface area (Å²) in [6.07, 6.45) is 0. The van der Waals surface area contributed by atoms with Gasteiger partial charge in [0.2, 0.25) is 0 Å². The molecule has 0 bridgehead atoms. The molecule has 0 N–H and O–H groups in total. The third-order valence-electron chi connectivity index (χ3n) is 1.76. The van der Waals surface area contributed by atoms with Crippen LogP contribution in [0.1, 0.15) is 11.1 Å². The molecule has 2 rings (SSSR count). The van der Waals surface area contributed by atoms with Gasteiger partial charge >= 0.3 is 0 Å². The van der Waals surface area contributed by atoms with Gasteiger partial charge < -0.3 is 0 Å². The van der Waals surface area contributed by atoms with Crippen LogP contribution in [0.15, 0.2) is 34.0 Å². The SMILES string of the molecule is P=NC1=NCc2ccccc21. The summed E-state index contributed by atoms with van der Waals surface area (Å²) in [4.78, 5) is 4.22. The van der Waals surface area contributed by atoms with Crippen molar-refractivity contribution < 1.29 is 0 Å². The Morgan fingerprint density at radius 3 is 3.00 bits per heavy atom. The van der Waals surface area contributed by atoms with E-state index in [4.69, 9.17) is 0 Å². The first-order chi connectivity index (χ1) is 5.42. The van der Waals surface area contributed by atoms with E-state index >= 15 is 0 Å². The minimum Gasteiger partial charge on any atom is -0.261 e. The second kappa shape index (κ2) is 2.55. The molecule has 0 saturated heterocycles. The van der Waals surface area contributed by atoms with Crippen molar-refractivity contribution in [3.63, 3.8) is 0 Å². The molecule has 1 aliphatic heterocycles. The van der Waals surface area contributed by atoms with Gasteiger partial charge in [-0.1, -0.05) is 24.3 Å². The van der Waals surface area contributed by atoms with E-state index in [2.05, 4.69) is 24.8 Å². The smallest absolute Gasteiger partial charge is 0.159 e. The first kappa shape index (κ1) is 6.68. The topological polar surface area (TPSA) is 24.7 Å². The minimum atomic E-state index is 0.763. The standard InChI is InChI=1S/C8H7N2P/c11-10-8-7-4-2-1-3-6(7)5-9-8/h1-4,11H,5H2. The van der Waals surface area contributed by atoms with Crippen molar-refractivity contribution in [2.75, 3.05) is 0 Å². The van der Waals surface area contributed by atoms with Crippen LogP contribution in [0.2, 0.25) is 0 Å². The maximum Gasteiger partial charge on any atom is 0.159 e. The van der Waals surface area contributed by atoms with Crippen LogP contribution in [0.3, 0.4) is 0 Å². The Morgan fingerprint density at radius 1 is 1.36 bits per heavy atom. The summed E-state index contributed by atoms with van der Waals surface area (Å²) < 4.78 is 3.88. The lowest BCUT2D eigenvalue weighted by Gasteiger charge is -1.94. The Labute approximate surface area is 67.3 Å². The van der Waals surface area contributed by atoms with E-state index < -0.39 is 0 Å². The molecule has 1 aromatic carbocycles. The van der Waals surface area contributed by atoms with E-state index in [1.54, 1.807) is 0 Å². The Balaban J connectivity index is 2.56. The van der Waals surface area contributed by atoms with Gasteiger partial charge in [-0.3, -0.25) is 4.99 Å². The molecule has 0 spiro atoms. The lowest BCUT2D eigenvalue weighted by molar-refractivity contribution is 1.11. The molecular formula is C8H7N2P. The van der Waals surface area contributed by atoms with Crippen LogP contribution in [0, 0.1) is 0 Å². The number of fused-ring (bicyclic) bond motifs is 1. The quantitative estimate of drug-likeness (QED) is 0.523. The predicted molar refractivity (Wildman–Crippen MR) is 47.4 cm³/mol. The monoisotopic (exact) mass is 162 g/mol. The van der Waals surface area contributed by atoms with Crippen molar-refractivity contribution in [1.29, 1.82) is 0 Å². The summed E-state index contributed by atoms with van der Waals surface area (Å²) in [5, 5.41) is 0. The average molecular weight is 162 g/mol. The van der Waals surface area contributed by atoms with E-state index in [1.807, 2.05) is 18.2 Å². The molecule has 1 heterocycles. The van der Waals surface area contributed by atoms with E-state index in [0.717, 1.165) is 17.9 Å². The van der Waals surface area contributed by atoms with Crippen LogP contribution < -0.4 is 0 Å². The number of rotatable bonds is 0. The summed E-state index contributed by atoms with van der Waals surface area (Å²) in [6.45, 7) is 0.763. The highest BCUT2D eigenvalue weighted by Gasteiger charge is 2.12. The first-order valence-corrected chi connectivity index (χ1v) is 3.87. The summed E-state index contributed by atoms with van der Waals surface area (Å²) >= 11 is 0. The second-order valence-electron chi connectivity index (χ2n) is 2.41. The largest absolute Gasteiger partial charge is 0.261 e. The molecule has 0 fully saturated rings. The third-order valence-corrected chi connectivity index (χ3v) is 1.98. The fourth-order valence-electron chi connectivity index (χ4n) is 1.22. The summed E-state index contributed by atoms with van der Waals surface area (Å²) in [5.41, 5.74) is 2.40. The molecule has 11 heavy (non-hydrogen) atoms. The number of nitrogens with zero attached hydrogens (tertiary/aromatic N) is 2. The number of benzene rings is 1. The van der Waals surface area contributed by atoms with Crippen LogP contribution in [-0.2, 0) is 6.54 Å². The van der Waals surface area contributed by atoms with Gasteiger partial charge in [0.05, 0.1) is 6.54 Å². The number of hydrogen-bond donors (Lipinski definition) is 0. The van der Waals surface area contributed by atoms with E-state index in [-0.39, 0.29) is 0 Å². The molecular weight excluding hydrogens is 155 g/mol. The Hall–Kier alpha value is -1.01. The molecule has 0 amide bonds. The van der Waals surface area contributed by atoms with Gasteiger partial charge in [-0.15, -0.1) is 0 Å². The van der Waals surface area contributed by atoms with Gasteiger partial charge in [-0.05, 0) is 14.6 Å². The molecule has 0 aromatic heterocycles. The molecule has 0 aliphatic carbocycles. The first-order valence-electron chi connectivity index (χ1n) is 3.42. The van der Waals surface area contributed by atoms with Crippen LogP contribution in [0.25, 0.3) is 0 Å². The predicted octanol–water partition coefficient (Wildman–Crippen LogP) is 2.27. The van der Waals surface area contributed by atoms with Gasteiger partial charge in [0.25, 0.3) is 0 Å².